The van der Waals surface area contributed by atoms with Gasteiger partial charge in [-0.3, -0.25) is 0 Å². The molecule has 0 saturated heterocycles. The topological polar surface area (TPSA) is 0 Å². The molecule has 14 heavy (non-hydrogen) atoms. The van der Waals surface area contributed by atoms with Crippen molar-refractivity contribution < 1.29 is 0 Å². The van der Waals surface area contributed by atoms with Crippen LogP contribution in [0.15, 0.2) is 0 Å². The zero-order valence-electron chi connectivity index (χ0n) is 10.2. The summed E-state index contributed by atoms with van der Waals surface area (Å²) in [7, 11) is 0.278. The average molecular weight is 212 g/mol. The van der Waals surface area contributed by atoms with Crippen molar-refractivity contribution in [2.24, 2.45) is 5.92 Å². The Labute approximate surface area is 90.6 Å². The highest BCUT2D eigenvalue weighted by Gasteiger charge is 2.50. The van der Waals surface area contributed by atoms with Crippen molar-refractivity contribution in [1.29, 1.82) is 0 Å². The largest absolute Gasteiger partial charge is 0.0951 e. The number of fused-ring (bicyclic) bond motifs is 2. The van der Waals surface area contributed by atoms with Gasteiger partial charge in [0.25, 0.3) is 0 Å². The van der Waals surface area contributed by atoms with Crippen LogP contribution in [0.5, 0.6) is 0 Å². The molecule has 0 aromatic heterocycles. The zero-order valence-corrected chi connectivity index (χ0v) is 11.1. The second-order valence-corrected chi connectivity index (χ2v) is 9.80. The molecule has 0 amide bonds. The van der Waals surface area contributed by atoms with E-state index in [1.807, 2.05) is 0 Å². The van der Waals surface area contributed by atoms with E-state index < -0.39 is 0 Å². The Morgan fingerprint density at radius 1 is 1.00 bits per heavy atom. The van der Waals surface area contributed by atoms with Crippen LogP contribution >= 0.6 is 7.92 Å². The van der Waals surface area contributed by atoms with Crippen molar-refractivity contribution in [2.45, 2.75) is 76.3 Å². The fourth-order valence-corrected chi connectivity index (χ4v) is 8.84. The molecule has 2 fully saturated rings. The molecular formula is C13H25P. The molecule has 0 spiro atoms. The van der Waals surface area contributed by atoms with E-state index in [-0.39, 0.29) is 7.92 Å². The summed E-state index contributed by atoms with van der Waals surface area (Å²) in [6.45, 7) is 9.86. The van der Waals surface area contributed by atoms with E-state index in [1.54, 1.807) is 32.1 Å². The standard InChI is InChI=1S/C13H25P/c1-10(2)14(11(3)4)13-7-5-12(9-13)6-8-13/h10-12H,5-9H2,1-4H3. The molecule has 2 bridgehead atoms. The van der Waals surface area contributed by atoms with Crippen molar-refractivity contribution in [2.75, 3.05) is 0 Å². The van der Waals surface area contributed by atoms with Crippen LogP contribution in [0.3, 0.4) is 0 Å². The Balaban J connectivity index is 2.17. The molecule has 0 aromatic carbocycles. The van der Waals surface area contributed by atoms with Crippen LogP contribution in [0.1, 0.15) is 59.8 Å². The van der Waals surface area contributed by atoms with Crippen molar-refractivity contribution in [3.8, 4) is 0 Å². The quantitative estimate of drug-likeness (QED) is 0.599. The molecule has 0 aliphatic heterocycles. The van der Waals surface area contributed by atoms with Gasteiger partial charge >= 0.3 is 0 Å². The SMILES string of the molecule is CC(C)P(C(C)C)C12CCC(CC1)C2. The maximum absolute atomic E-state index is 2.46. The van der Waals surface area contributed by atoms with Crippen LogP contribution in [-0.2, 0) is 0 Å². The number of hydrogen-bond donors (Lipinski definition) is 0. The molecular weight excluding hydrogens is 187 g/mol. The lowest BCUT2D eigenvalue weighted by molar-refractivity contribution is 0.494. The predicted octanol–water partition coefficient (Wildman–Crippen LogP) is 4.62. The van der Waals surface area contributed by atoms with Crippen LogP contribution in [0.4, 0.5) is 0 Å². The third-order valence-electron chi connectivity index (χ3n) is 4.36. The van der Waals surface area contributed by atoms with Gasteiger partial charge < -0.3 is 0 Å². The number of rotatable bonds is 3. The van der Waals surface area contributed by atoms with Crippen LogP contribution < -0.4 is 0 Å². The van der Waals surface area contributed by atoms with Gasteiger partial charge in [-0.05, 0) is 54.5 Å². The number of hydrogen-bond acceptors (Lipinski definition) is 0. The minimum atomic E-state index is 0.278. The molecule has 2 aliphatic carbocycles. The maximum atomic E-state index is 2.46. The molecule has 2 saturated carbocycles. The summed E-state index contributed by atoms with van der Waals surface area (Å²) < 4.78 is 0. The first-order chi connectivity index (χ1) is 6.55. The summed E-state index contributed by atoms with van der Waals surface area (Å²) in [4.78, 5) is 0. The molecule has 1 heteroatoms. The molecule has 2 aliphatic rings. The summed E-state index contributed by atoms with van der Waals surface area (Å²) in [5.74, 6) is 1.12. The highest BCUT2D eigenvalue weighted by atomic mass is 31.1. The Morgan fingerprint density at radius 2 is 1.50 bits per heavy atom. The van der Waals surface area contributed by atoms with Crippen LogP contribution in [0.2, 0.25) is 0 Å². The average Bonchev–Trinajstić information content (AvgIpc) is 2.61. The van der Waals surface area contributed by atoms with Gasteiger partial charge in [-0.1, -0.05) is 35.6 Å². The van der Waals surface area contributed by atoms with Crippen LogP contribution in [0.25, 0.3) is 0 Å². The first kappa shape index (κ1) is 10.9. The molecule has 0 heterocycles. The fourth-order valence-electron chi connectivity index (χ4n) is 4.22. The zero-order chi connectivity index (χ0) is 10.3. The first-order valence-electron chi connectivity index (χ1n) is 6.33. The minimum absolute atomic E-state index is 0.278. The third kappa shape index (κ3) is 1.64. The lowest BCUT2D eigenvalue weighted by atomic mass is 10.0. The van der Waals surface area contributed by atoms with Crippen molar-refractivity contribution in [3.05, 3.63) is 0 Å². The molecule has 2 rings (SSSR count). The van der Waals surface area contributed by atoms with Crippen LogP contribution in [0, 0.1) is 5.92 Å². The summed E-state index contributed by atoms with van der Waals surface area (Å²) in [5, 5.41) is 0.836. The van der Waals surface area contributed by atoms with E-state index in [1.165, 1.54) is 0 Å². The van der Waals surface area contributed by atoms with Gasteiger partial charge in [-0.2, -0.15) is 0 Å². The van der Waals surface area contributed by atoms with Crippen molar-refractivity contribution in [1.82, 2.24) is 0 Å². The maximum Gasteiger partial charge on any atom is -0.00870 e. The van der Waals surface area contributed by atoms with E-state index in [9.17, 15) is 0 Å². The normalized spacial score (nSPS) is 36.6. The smallest absolute Gasteiger partial charge is 0.00870 e. The summed E-state index contributed by atoms with van der Waals surface area (Å²) >= 11 is 0. The Morgan fingerprint density at radius 3 is 1.79 bits per heavy atom. The van der Waals surface area contributed by atoms with Gasteiger partial charge in [0.1, 0.15) is 0 Å². The van der Waals surface area contributed by atoms with Crippen LogP contribution in [-0.4, -0.2) is 16.5 Å². The Kier molecular flexibility index (Phi) is 2.95. The van der Waals surface area contributed by atoms with Gasteiger partial charge in [0, 0.05) is 0 Å². The van der Waals surface area contributed by atoms with E-state index in [0.717, 1.165) is 22.4 Å². The lowest BCUT2D eigenvalue weighted by Gasteiger charge is -2.42. The van der Waals surface area contributed by atoms with Crippen molar-refractivity contribution in [3.63, 3.8) is 0 Å². The van der Waals surface area contributed by atoms with Gasteiger partial charge in [0.2, 0.25) is 0 Å². The van der Waals surface area contributed by atoms with Gasteiger partial charge in [0.05, 0.1) is 0 Å². The highest BCUT2D eigenvalue weighted by molar-refractivity contribution is 7.60. The second kappa shape index (κ2) is 3.78. The summed E-state index contributed by atoms with van der Waals surface area (Å²) in [6.07, 6.45) is 7.84. The molecule has 0 aromatic rings. The van der Waals surface area contributed by atoms with E-state index in [2.05, 4.69) is 27.7 Å². The van der Waals surface area contributed by atoms with Crippen molar-refractivity contribution >= 4 is 7.92 Å². The molecule has 0 unspecified atom stereocenters. The Bertz CT molecular complexity index is 191. The molecule has 0 N–H and O–H groups in total. The second-order valence-electron chi connectivity index (χ2n) is 5.97. The van der Waals surface area contributed by atoms with Gasteiger partial charge in [0.15, 0.2) is 0 Å². The van der Waals surface area contributed by atoms with Gasteiger partial charge in [-0.15, -0.1) is 0 Å². The minimum Gasteiger partial charge on any atom is -0.0951 e. The van der Waals surface area contributed by atoms with Gasteiger partial charge in [-0.25, -0.2) is 0 Å². The summed E-state index contributed by atoms with van der Waals surface area (Å²) in [6, 6.07) is 0. The third-order valence-corrected chi connectivity index (χ3v) is 8.32. The monoisotopic (exact) mass is 212 g/mol. The highest BCUT2D eigenvalue weighted by Crippen LogP contribution is 2.69. The van der Waals surface area contributed by atoms with E-state index >= 15 is 0 Å². The molecule has 0 radical (unpaired) electrons. The van der Waals surface area contributed by atoms with E-state index in [4.69, 9.17) is 0 Å². The fraction of sp³-hybridized carbons (Fsp3) is 1.00. The summed E-state index contributed by atoms with van der Waals surface area (Å²) in [5.41, 5.74) is 1.89. The predicted molar refractivity (Wildman–Crippen MR) is 66.5 cm³/mol. The molecule has 0 nitrogen and oxygen atoms in total. The Hall–Kier alpha value is 0.430. The first-order valence-corrected chi connectivity index (χ1v) is 7.81. The molecule has 0 atom stereocenters. The lowest BCUT2D eigenvalue weighted by Crippen LogP contribution is -2.27. The molecule has 82 valence electrons. The van der Waals surface area contributed by atoms with E-state index in [0.29, 0.717) is 0 Å².